The first-order valence-corrected chi connectivity index (χ1v) is 4.52. The van der Waals surface area contributed by atoms with Crippen LogP contribution < -0.4 is 10.8 Å². The number of methoxy groups -OCH3 is 1. The normalized spacial score (nSPS) is 21.1. The molecule has 0 radical (unpaired) electrons. The lowest BCUT2D eigenvalue weighted by atomic mass is 10.1. The molecule has 14 heavy (non-hydrogen) atoms. The largest absolute Gasteiger partial charge is 0.451 e. The van der Waals surface area contributed by atoms with Crippen molar-refractivity contribution in [2.24, 2.45) is 0 Å². The van der Waals surface area contributed by atoms with Crippen molar-refractivity contribution in [3.8, 4) is 0 Å². The van der Waals surface area contributed by atoms with Gasteiger partial charge in [-0.05, 0) is 19.4 Å². The molecule has 0 aromatic carbocycles. The second-order valence-electron chi connectivity index (χ2n) is 3.02. The molecule has 0 aliphatic carbocycles. The van der Waals surface area contributed by atoms with Crippen LogP contribution in [0.1, 0.15) is 19.3 Å². The molecule has 0 aromatic rings. The fourth-order valence-corrected chi connectivity index (χ4v) is 1.26. The number of hydroxylamine groups is 1. The first kappa shape index (κ1) is 10.8. The third-order valence-electron chi connectivity index (χ3n) is 2.02. The maximum atomic E-state index is 11.3. The van der Waals surface area contributed by atoms with Crippen molar-refractivity contribution >= 4 is 12.1 Å². The summed E-state index contributed by atoms with van der Waals surface area (Å²) in [7, 11) is 1.20. The predicted octanol–water partition coefficient (Wildman–Crippen LogP) is -0.0573. The average molecular weight is 202 g/mol. The second-order valence-corrected chi connectivity index (χ2v) is 3.02. The van der Waals surface area contributed by atoms with Crippen molar-refractivity contribution < 1.29 is 19.2 Å². The van der Waals surface area contributed by atoms with Gasteiger partial charge in [0.15, 0.2) is 0 Å². The molecule has 1 aliphatic rings. The van der Waals surface area contributed by atoms with Crippen LogP contribution in [0, 0.1) is 0 Å². The van der Waals surface area contributed by atoms with E-state index in [0.29, 0.717) is 0 Å². The van der Waals surface area contributed by atoms with Gasteiger partial charge >= 0.3 is 12.1 Å². The highest BCUT2D eigenvalue weighted by molar-refractivity contribution is 5.77. The maximum Gasteiger partial charge on any atom is 0.440 e. The van der Waals surface area contributed by atoms with E-state index >= 15 is 0 Å². The molecule has 2 N–H and O–H groups in total. The molecule has 6 heteroatoms. The zero-order valence-corrected chi connectivity index (χ0v) is 8.04. The molecule has 0 spiro atoms. The molecular formula is C8H14N2O4. The van der Waals surface area contributed by atoms with Crippen LogP contribution in [0.4, 0.5) is 4.79 Å². The minimum absolute atomic E-state index is 0.319. The van der Waals surface area contributed by atoms with Crippen molar-refractivity contribution in [1.29, 1.82) is 0 Å². The summed E-state index contributed by atoms with van der Waals surface area (Å²) in [6.07, 6.45) is 2.01. The van der Waals surface area contributed by atoms with Gasteiger partial charge in [-0.15, -0.1) is 5.48 Å². The van der Waals surface area contributed by atoms with Crippen LogP contribution in [-0.2, 0) is 14.4 Å². The Bertz CT molecular complexity index is 213. The Labute approximate surface area is 81.9 Å². The Morgan fingerprint density at radius 2 is 2.21 bits per heavy atom. The molecule has 1 amide bonds. The van der Waals surface area contributed by atoms with E-state index in [9.17, 15) is 9.59 Å². The van der Waals surface area contributed by atoms with Gasteiger partial charge in [-0.2, -0.15) is 0 Å². The summed E-state index contributed by atoms with van der Waals surface area (Å²) in [6, 6.07) is -0.319. The van der Waals surface area contributed by atoms with Gasteiger partial charge in [-0.1, -0.05) is 6.42 Å². The lowest BCUT2D eigenvalue weighted by Crippen LogP contribution is -2.44. The molecule has 0 aromatic heterocycles. The molecule has 1 rings (SSSR count). The van der Waals surface area contributed by atoms with Crippen molar-refractivity contribution in [3.63, 3.8) is 0 Å². The van der Waals surface area contributed by atoms with Crippen LogP contribution in [0.15, 0.2) is 0 Å². The number of amides is 1. The van der Waals surface area contributed by atoms with Crippen LogP contribution in [0.5, 0.6) is 0 Å². The summed E-state index contributed by atoms with van der Waals surface area (Å²) in [6.45, 7) is 0.804. The predicted molar refractivity (Wildman–Crippen MR) is 47.3 cm³/mol. The molecule has 1 atom stereocenters. The number of rotatable bonds is 1. The SMILES string of the molecule is COC(=O)NOC(=O)C1CCCCN1. The molecule has 1 heterocycles. The fraction of sp³-hybridized carbons (Fsp3) is 0.750. The first-order chi connectivity index (χ1) is 6.74. The third kappa shape index (κ3) is 3.21. The fourth-order valence-electron chi connectivity index (χ4n) is 1.26. The van der Waals surface area contributed by atoms with E-state index in [4.69, 9.17) is 0 Å². The minimum Gasteiger partial charge on any atom is -0.451 e. The minimum atomic E-state index is -0.783. The Morgan fingerprint density at radius 3 is 2.79 bits per heavy atom. The van der Waals surface area contributed by atoms with Crippen LogP contribution >= 0.6 is 0 Å². The Kier molecular flexibility index (Phi) is 4.18. The quantitative estimate of drug-likeness (QED) is 0.583. The van der Waals surface area contributed by atoms with E-state index in [1.54, 1.807) is 0 Å². The Morgan fingerprint density at radius 1 is 1.43 bits per heavy atom. The van der Waals surface area contributed by atoms with Gasteiger partial charge in [-0.25, -0.2) is 9.59 Å². The number of hydrogen-bond donors (Lipinski definition) is 2. The van der Waals surface area contributed by atoms with Gasteiger partial charge in [-0.3, -0.25) is 0 Å². The number of carbonyl (C=O) groups is 2. The van der Waals surface area contributed by atoms with Gasteiger partial charge in [0, 0.05) is 0 Å². The monoisotopic (exact) mass is 202 g/mol. The van der Waals surface area contributed by atoms with E-state index in [2.05, 4.69) is 14.9 Å². The van der Waals surface area contributed by atoms with Crippen molar-refractivity contribution in [2.75, 3.05) is 13.7 Å². The Balaban J connectivity index is 2.23. The molecule has 0 saturated carbocycles. The van der Waals surface area contributed by atoms with Crippen molar-refractivity contribution in [1.82, 2.24) is 10.8 Å². The number of nitrogens with one attached hydrogen (secondary N) is 2. The maximum absolute atomic E-state index is 11.3. The summed E-state index contributed by atoms with van der Waals surface area (Å²) >= 11 is 0. The smallest absolute Gasteiger partial charge is 0.440 e. The molecule has 6 nitrogen and oxygen atoms in total. The summed E-state index contributed by atoms with van der Waals surface area (Å²) in [5.41, 5.74) is 1.88. The van der Waals surface area contributed by atoms with E-state index in [0.717, 1.165) is 25.8 Å². The number of ether oxygens (including phenoxy) is 1. The number of carbonyl (C=O) groups excluding carboxylic acids is 2. The standard InChI is InChI=1S/C8H14N2O4/c1-13-8(12)10-14-7(11)6-4-2-3-5-9-6/h6,9H,2-5H2,1H3,(H,10,12). The van der Waals surface area contributed by atoms with Crippen LogP contribution in [0.25, 0.3) is 0 Å². The van der Waals surface area contributed by atoms with Gasteiger partial charge in [0.2, 0.25) is 0 Å². The van der Waals surface area contributed by atoms with Crippen molar-refractivity contribution in [2.45, 2.75) is 25.3 Å². The van der Waals surface area contributed by atoms with Gasteiger partial charge in [0.1, 0.15) is 6.04 Å². The van der Waals surface area contributed by atoms with Gasteiger partial charge in [0.25, 0.3) is 0 Å². The molecule has 80 valence electrons. The second kappa shape index (κ2) is 5.43. The molecule has 1 saturated heterocycles. The summed E-state index contributed by atoms with van der Waals surface area (Å²) in [4.78, 5) is 26.3. The van der Waals surface area contributed by atoms with Gasteiger partial charge in [0.05, 0.1) is 7.11 Å². The molecule has 1 aliphatic heterocycles. The highest BCUT2D eigenvalue weighted by atomic mass is 16.7. The highest BCUT2D eigenvalue weighted by Gasteiger charge is 2.22. The lowest BCUT2D eigenvalue weighted by molar-refractivity contribution is -0.152. The molecular weight excluding hydrogens is 188 g/mol. The number of hydrogen-bond acceptors (Lipinski definition) is 5. The van der Waals surface area contributed by atoms with E-state index in [1.807, 2.05) is 5.48 Å². The highest BCUT2D eigenvalue weighted by Crippen LogP contribution is 2.07. The lowest BCUT2D eigenvalue weighted by Gasteiger charge is -2.20. The average Bonchev–Trinajstić information content (AvgIpc) is 2.26. The molecule has 1 fully saturated rings. The summed E-state index contributed by atoms with van der Waals surface area (Å²) in [5, 5.41) is 2.99. The zero-order chi connectivity index (χ0) is 10.4. The van der Waals surface area contributed by atoms with E-state index in [1.165, 1.54) is 7.11 Å². The number of piperidine rings is 1. The molecule has 1 unspecified atom stereocenters. The van der Waals surface area contributed by atoms with Crippen molar-refractivity contribution in [3.05, 3.63) is 0 Å². The van der Waals surface area contributed by atoms with Crippen LogP contribution in [0.2, 0.25) is 0 Å². The molecule has 0 bridgehead atoms. The Hall–Kier alpha value is -1.30. The van der Waals surface area contributed by atoms with Crippen LogP contribution in [-0.4, -0.2) is 31.8 Å². The van der Waals surface area contributed by atoms with Crippen LogP contribution in [0.3, 0.4) is 0 Å². The summed E-state index contributed by atoms with van der Waals surface area (Å²) < 4.78 is 4.24. The van der Waals surface area contributed by atoms with Gasteiger partial charge < -0.3 is 14.9 Å². The van der Waals surface area contributed by atoms with E-state index in [-0.39, 0.29) is 6.04 Å². The topological polar surface area (TPSA) is 76.7 Å². The first-order valence-electron chi connectivity index (χ1n) is 4.52. The third-order valence-corrected chi connectivity index (χ3v) is 2.02. The summed E-state index contributed by atoms with van der Waals surface area (Å²) in [5.74, 6) is -0.477. The van der Waals surface area contributed by atoms with E-state index < -0.39 is 12.1 Å². The zero-order valence-electron chi connectivity index (χ0n) is 8.04.